The van der Waals surface area contributed by atoms with Gasteiger partial charge in [-0.1, -0.05) is 20.8 Å². The maximum absolute atomic E-state index is 5.32. The summed E-state index contributed by atoms with van der Waals surface area (Å²) in [4.78, 5) is 0. The molecule has 1 heterocycles. The lowest BCUT2D eigenvalue weighted by atomic mass is 10.2. The molecule has 0 saturated heterocycles. The highest BCUT2D eigenvalue weighted by Crippen LogP contribution is 2.21. The SMILES string of the molecule is CCNC(CC)C(C)SCc1ccco1. The van der Waals surface area contributed by atoms with Crippen molar-refractivity contribution in [3.8, 4) is 0 Å². The Bertz CT molecular complexity index is 248. The molecule has 86 valence electrons. The van der Waals surface area contributed by atoms with Gasteiger partial charge >= 0.3 is 0 Å². The second kappa shape index (κ2) is 6.96. The van der Waals surface area contributed by atoms with Crippen LogP contribution >= 0.6 is 11.8 Å². The predicted molar refractivity (Wildman–Crippen MR) is 67.2 cm³/mol. The highest BCUT2D eigenvalue weighted by molar-refractivity contribution is 7.99. The minimum Gasteiger partial charge on any atom is -0.468 e. The normalized spacial score (nSPS) is 15.1. The van der Waals surface area contributed by atoms with Gasteiger partial charge in [0, 0.05) is 11.3 Å². The summed E-state index contributed by atoms with van der Waals surface area (Å²) in [6, 6.07) is 4.59. The molecule has 0 radical (unpaired) electrons. The predicted octanol–water partition coefficient (Wildman–Crippen LogP) is 3.29. The third-order valence-corrected chi connectivity index (χ3v) is 3.85. The van der Waals surface area contributed by atoms with Gasteiger partial charge < -0.3 is 9.73 Å². The highest BCUT2D eigenvalue weighted by atomic mass is 32.2. The van der Waals surface area contributed by atoms with Gasteiger partial charge in [0.25, 0.3) is 0 Å². The third-order valence-electron chi connectivity index (χ3n) is 2.54. The number of nitrogens with one attached hydrogen (secondary N) is 1. The Kier molecular flexibility index (Phi) is 5.88. The van der Waals surface area contributed by atoms with Crippen LogP contribution in [0.1, 0.15) is 33.0 Å². The molecule has 2 unspecified atom stereocenters. The fourth-order valence-corrected chi connectivity index (χ4v) is 2.74. The molecule has 0 fully saturated rings. The second-order valence-corrected chi connectivity index (χ2v) is 5.03. The van der Waals surface area contributed by atoms with E-state index in [1.54, 1.807) is 6.26 Å². The molecule has 0 saturated carbocycles. The molecule has 0 spiro atoms. The van der Waals surface area contributed by atoms with Gasteiger partial charge in [-0.05, 0) is 25.1 Å². The van der Waals surface area contributed by atoms with E-state index in [1.807, 2.05) is 23.9 Å². The van der Waals surface area contributed by atoms with Crippen molar-refractivity contribution in [1.82, 2.24) is 5.32 Å². The van der Waals surface area contributed by atoms with Crippen LogP contribution in [0.2, 0.25) is 0 Å². The van der Waals surface area contributed by atoms with Gasteiger partial charge in [-0.25, -0.2) is 0 Å². The first-order chi connectivity index (χ1) is 7.27. The first-order valence-corrected chi connectivity index (χ1v) is 6.70. The fraction of sp³-hybridized carbons (Fsp3) is 0.667. The van der Waals surface area contributed by atoms with Gasteiger partial charge in [0.05, 0.1) is 12.0 Å². The van der Waals surface area contributed by atoms with Crippen molar-refractivity contribution in [3.05, 3.63) is 24.2 Å². The molecule has 0 aliphatic heterocycles. The molecule has 2 nitrogen and oxygen atoms in total. The molecule has 0 amide bonds. The first-order valence-electron chi connectivity index (χ1n) is 5.65. The van der Waals surface area contributed by atoms with E-state index in [1.165, 1.54) is 6.42 Å². The molecule has 0 aliphatic rings. The van der Waals surface area contributed by atoms with E-state index in [0.717, 1.165) is 18.1 Å². The summed E-state index contributed by atoms with van der Waals surface area (Å²) in [7, 11) is 0. The highest BCUT2D eigenvalue weighted by Gasteiger charge is 2.14. The number of furan rings is 1. The Balaban J connectivity index is 2.30. The van der Waals surface area contributed by atoms with E-state index in [9.17, 15) is 0 Å². The van der Waals surface area contributed by atoms with Crippen LogP contribution in [0, 0.1) is 0 Å². The van der Waals surface area contributed by atoms with Crippen molar-refractivity contribution < 1.29 is 4.42 Å². The minimum atomic E-state index is 0.606. The first kappa shape index (κ1) is 12.7. The van der Waals surface area contributed by atoms with Gasteiger partial charge in [-0.15, -0.1) is 11.8 Å². The van der Waals surface area contributed by atoms with Gasteiger partial charge in [0.15, 0.2) is 0 Å². The third kappa shape index (κ3) is 4.31. The molecule has 15 heavy (non-hydrogen) atoms. The Labute approximate surface area is 96.8 Å². The average molecular weight is 227 g/mol. The fourth-order valence-electron chi connectivity index (χ4n) is 1.63. The lowest BCUT2D eigenvalue weighted by Gasteiger charge is -2.22. The van der Waals surface area contributed by atoms with Crippen molar-refractivity contribution in [3.63, 3.8) is 0 Å². The van der Waals surface area contributed by atoms with Crippen molar-refractivity contribution >= 4 is 11.8 Å². The lowest BCUT2D eigenvalue weighted by Crippen LogP contribution is -2.35. The summed E-state index contributed by atoms with van der Waals surface area (Å²) in [6.07, 6.45) is 2.92. The quantitative estimate of drug-likeness (QED) is 0.774. The van der Waals surface area contributed by atoms with E-state index < -0.39 is 0 Å². The average Bonchev–Trinajstić information content (AvgIpc) is 2.75. The topological polar surface area (TPSA) is 25.2 Å². The number of hydrogen-bond acceptors (Lipinski definition) is 3. The van der Waals surface area contributed by atoms with Crippen molar-refractivity contribution in [2.75, 3.05) is 6.54 Å². The molecule has 0 aliphatic carbocycles. The van der Waals surface area contributed by atoms with Crippen LogP contribution in [0.4, 0.5) is 0 Å². The maximum atomic E-state index is 5.32. The van der Waals surface area contributed by atoms with E-state index >= 15 is 0 Å². The molecule has 3 heteroatoms. The van der Waals surface area contributed by atoms with Gasteiger partial charge in [-0.3, -0.25) is 0 Å². The van der Waals surface area contributed by atoms with Crippen molar-refractivity contribution in [2.24, 2.45) is 0 Å². The lowest BCUT2D eigenvalue weighted by molar-refractivity contribution is 0.506. The molecule has 0 bridgehead atoms. The zero-order valence-electron chi connectivity index (χ0n) is 9.82. The van der Waals surface area contributed by atoms with Crippen molar-refractivity contribution in [1.29, 1.82) is 0 Å². The summed E-state index contributed by atoms with van der Waals surface area (Å²) >= 11 is 1.95. The number of thioether (sulfide) groups is 1. The summed E-state index contributed by atoms with van der Waals surface area (Å²) in [6.45, 7) is 7.72. The zero-order chi connectivity index (χ0) is 11.1. The monoisotopic (exact) mass is 227 g/mol. The largest absolute Gasteiger partial charge is 0.468 e. The Morgan fingerprint density at radius 1 is 1.47 bits per heavy atom. The van der Waals surface area contributed by atoms with Crippen LogP contribution in [0.25, 0.3) is 0 Å². The number of rotatable bonds is 7. The summed E-state index contributed by atoms with van der Waals surface area (Å²) < 4.78 is 5.32. The smallest absolute Gasteiger partial charge is 0.113 e. The molecule has 1 aromatic rings. The molecule has 1 aromatic heterocycles. The van der Waals surface area contributed by atoms with Crippen LogP contribution in [-0.2, 0) is 5.75 Å². The Morgan fingerprint density at radius 2 is 2.27 bits per heavy atom. The van der Waals surface area contributed by atoms with E-state index in [4.69, 9.17) is 4.42 Å². The molecule has 1 rings (SSSR count). The molecular weight excluding hydrogens is 206 g/mol. The van der Waals surface area contributed by atoms with Gasteiger partial charge in [-0.2, -0.15) is 0 Å². The Morgan fingerprint density at radius 3 is 2.80 bits per heavy atom. The minimum absolute atomic E-state index is 0.606. The van der Waals surface area contributed by atoms with Crippen LogP contribution in [-0.4, -0.2) is 17.8 Å². The van der Waals surface area contributed by atoms with E-state index in [-0.39, 0.29) is 0 Å². The molecule has 2 atom stereocenters. The van der Waals surface area contributed by atoms with Gasteiger partial charge in [0.1, 0.15) is 5.76 Å². The molecular formula is C12H21NOS. The standard InChI is InChI=1S/C12H21NOS/c1-4-12(13-5-2)10(3)15-9-11-7-6-8-14-11/h6-8,10,12-13H,4-5,9H2,1-3H3. The summed E-state index contributed by atoms with van der Waals surface area (Å²) in [5.41, 5.74) is 0. The molecule has 1 N–H and O–H groups in total. The van der Waals surface area contributed by atoms with Crippen LogP contribution < -0.4 is 5.32 Å². The van der Waals surface area contributed by atoms with E-state index in [2.05, 4.69) is 26.1 Å². The summed E-state index contributed by atoms with van der Waals surface area (Å²) in [5.74, 6) is 2.04. The van der Waals surface area contributed by atoms with Gasteiger partial charge in [0.2, 0.25) is 0 Å². The zero-order valence-corrected chi connectivity index (χ0v) is 10.6. The van der Waals surface area contributed by atoms with E-state index in [0.29, 0.717) is 11.3 Å². The number of hydrogen-bond donors (Lipinski definition) is 1. The van der Waals surface area contributed by atoms with Crippen LogP contribution in [0.3, 0.4) is 0 Å². The Hall–Kier alpha value is -0.410. The molecule has 0 aromatic carbocycles. The second-order valence-electron chi connectivity index (χ2n) is 3.67. The van der Waals surface area contributed by atoms with Crippen LogP contribution in [0.15, 0.2) is 22.8 Å². The maximum Gasteiger partial charge on any atom is 0.113 e. The summed E-state index contributed by atoms with van der Waals surface area (Å²) in [5, 5.41) is 4.14. The van der Waals surface area contributed by atoms with Crippen LogP contribution in [0.5, 0.6) is 0 Å². The van der Waals surface area contributed by atoms with Crippen molar-refractivity contribution in [2.45, 2.75) is 44.2 Å².